The number of hydrogen-bond donors (Lipinski definition) is 0. The van der Waals surface area contributed by atoms with Crippen molar-refractivity contribution in [2.24, 2.45) is 0 Å². The molecule has 0 atom stereocenters. The molecule has 5 nitrogen and oxygen atoms in total. The molecular formula is C52H41NO4. The largest absolute Gasteiger partial charge is 0.422 e. The van der Waals surface area contributed by atoms with Gasteiger partial charge < -0.3 is 13.4 Å². The van der Waals surface area contributed by atoms with E-state index in [1.165, 1.54) is 11.1 Å². The van der Waals surface area contributed by atoms with Gasteiger partial charge in [-0.15, -0.1) is 0 Å². The molecule has 0 radical (unpaired) electrons. The fraction of sp³-hybridized carbons (Fsp3) is 0.154. The fourth-order valence-corrected chi connectivity index (χ4v) is 8.40. The Kier molecular flexibility index (Phi) is 7.55. The van der Waals surface area contributed by atoms with Crippen molar-refractivity contribution in [2.45, 2.75) is 52.4 Å². The van der Waals surface area contributed by atoms with E-state index in [1.54, 1.807) is 0 Å². The van der Waals surface area contributed by atoms with E-state index in [2.05, 4.69) is 119 Å². The quantitative estimate of drug-likeness (QED) is 0.133. The summed E-state index contributed by atoms with van der Waals surface area (Å²) in [4.78, 5) is 27.4. The van der Waals surface area contributed by atoms with E-state index in [9.17, 15) is 9.59 Å². The van der Waals surface area contributed by atoms with Gasteiger partial charge in [0.1, 0.15) is 11.2 Å². The molecule has 0 saturated heterocycles. The van der Waals surface area contributed by atoms with E-state index in [4.69, 9.17) is 8.83 Å². The molecule has 0 saturated carbocycles. The van der Waals surface area contributed by atoms with Crippen molar-refractivity contribution in [1.82, 2.24) is 4.57 Å². The summed E-state index contributed by atoms with van der Waals surface area (Å²) < 4.78 is 14.2. The highest BCUT2D eigenvalue weighted by atomic mass is 16.4. The van der Waals surface area contributed by atoms with Crippen LogP contribution in [0.1, 0.15) is 52.7 Å². The van der Waals surface area contributed by atoms with Gasteiger partial charge in [0.15, 0.2) is 0 Å². The van der Waals surface area contributed by atoms with Gasteiger partial charge in [0.05, 0.1) is 22.2 Å². The van der Waals surface area contributed by atoms with Gasteiger partial charge in [-0.3, -0.25) is 0 Å². The summed E-state index contributed by atoms with van der Waals surface area (Å²) in [5.74, 6) is 0. The minimum atomic E-state index is -0.387. The highest BCUT2D eigenvalue weighted by Crippen LogP contribution is 2.39. The molecule has 0 unspecified atom stereocenters. The van der Waals surface area contributed by atoms with E-state index in [1.807, 2.05) is 66.7 Å². The number of aromatic nitrogens is 1. The summed E-state index contributed by atoms with van der Waals surface area (Å²) in [5, 5.41) is 8.14. The van der Waals surface area contributed by atoms with Crippen molar-refractivity contribution in [3.05, 3.63) is 171 Å². The van der Waals surface area contributed by atoms with Crippen LogP contribution in [0.15, 0.2) is 158 Å². The lowest BCUT2D eigenvalue weighted by atomic mass is 9.85. The van der Waals surface area contributed by atoms with Crippen molar-refractivity contribution in [1.29, 1.82) is 0 Å². The molecule has 0 aliphatic carbocycles. The van der Waals surface area contributed by atoms with Crippen LogP contribution < -0.4 is 11.3 Å². The number of hydrogen-bond acceptors (Lipinski definition) is 4. The van der Waals surface area contributed by atoms with Crippen molar-refractivity contribution in [3.63, 3.8) is 0 Å². The SMILES string of the molecule is CC(C)(C)c1ccc2c(ccc3oc(=O)c(-c4ccc5c6ccc(-c7cc8c(ccc9cc(C(C)(C)C)ccc98)oc7=O)cc6n(-c6ccccc6)c5c4)cc32)c1. The van der Waals surface area contributed by atoms with Gasteiger partial charge in [0.25, 0.3) is 0 Å². The average Bonchev–Trinajstić information content (AvgIpc) is 3.52. The smallest absolute Gasteiger partial charge is 0.344 e. The Hall–Kier alpha value is -6.72. The van der Waals surface area contributed by atoms with Gasteiger partial charge in [-0.1, -0.05) is 133 Å². The predicted octanol–water partition coefficient (Wildman–Crippen LogP) is 13.2. The van der Waals surface area contributed by atoms with Gasteiger partial charge in [0, 0.05) is 27.2 Å². The molecule has 0 aliphatic heterocycles. The molecule has 3 heterocycles. The lowest BCUT2D eigenvalue weighted by Gasteiger charge is -2.19. The Morgan fingerprint density at radius 2 is 0.860 bits per heavy atom. The third kappa shape index (κ3) is 5.68. The second-order valence-corrected chi connectivity index (χ2v) is 17.4. The highest BCUT2D eigenvalue weighted by Gasteiger charge is 2.20. The van der Waals surface area contributed by atoms with Crippen LogP contribution in [0.25, 0.3) is 93.2 Å². The number of fused-ring (bicyclic) bond motifs is 9. The van der Waals surface area contributed by atoms with Crippen molar-refractivity contribution >= 4 is 65.3 Å². The molecule has 0 fully saturated rings. The first-order valence-corrected chi connectivity index (χ1v) is 19.5. The van der Waals surface area contributed by atoms with Crippen molar-refractivity contribution in [3.8, 4) is 27.9 Å². The van der Waals surface area contributed by atoms with Crippen LogP contribution in [0, 0.1) is 0 Å². The maximum absolute atomic E-state index is 13.7. The van der Waals surface area contributed by atoms with E-state index in [0.29, 0.717) is 22.3 Å². The second kappa shape index (κ2) is 12.4. The number of para-hydroxylation sites is 1. The van der Waals surface area contributed by atoms with Crippen LogP contribution in [-0.4, -0.2) is 4.57 Å². The zero-order chi connectivity index (χ0) is 39.4. The summed E-state index contributed by atoms with van der Waals surface area (Å²) >= 11 is 0. The Morgan fingerprint density at radius 1 is 0.421 bits per heavy atom. The first kappa shape index (κ1) is 34.7. The Bertz CT molecular complexity index is 3200. The van der Waals surface area contributed by atoms with Crippen LogP contribution in [0.5, 0.6) is 0 Å². The summed E-state index contributed by atoms with van der Waals surface area (Å²) in [7, 11) is 0. The van der Waals surface area contributed by atoms with E-state index in [0.717, 1.165) is 70.9 Å². The topological polar surface area (TPSA) is 65.3 Å². The van der Waals surface area contributed by atoms with Gasteiger partial charge in [-0.05, 0) is 103 Å². The summed E-state index contributed by atoms with van der Waals surface area (Å²) in [6.45, 7) is 13.3. The third-order valence-electron chi connectivity index (χ3n) is 11.6. The van der Waals surface area contributed by atoms with Gasteiger partial charge in [0.2, 0.25) is 0 Å². The standard InChI is InChI=1S/C52H41NO4/c1-51(2,3)34-16-20-37-30(24-34)14-22-47-43(37)28-41(49(54)56-47)32-12-18-39-40-19-13-33(27-46(40)53(45(39)26-32)36-10-8-7-9-11-36)42-29-44-38-21-17-35(52(4,5)6)25-31(38)15-23-48(44)57-50(42)55/h7-29H,1-6H3. The molecule has 0 N–H and O–H groups in total. The van der Waals surface area contributed by atoms with Gasteiger partial charge >= 0.3 is 11.3 Å². The molecule has 3 aromatic heterocycles. The summed E-state index contributed by atoms with van der Waals surface area (Å²) in [5.41, 5.74) is 8.23. The lowest BCUT2D eigenvalue weighted by Crippen LogP contribution is -2.10. The molecule has 10 aromatic rings. The van der Waals surface area contributed by atoms with Crippen LogP contribution >= 0.6 is 0 Å². The molecule has 0 aliphatic rings. The van der Waals surface area contributed by atoms with E-state index in [-0.39, 0.29) is 22.1 Å². The Labute approximate surface area is 329 Å². The van der Waals surface area contributed by atoms with Gasteiger partial charge in [-0.25, -0.2) is 9.59 Å². The summed E-state index contributed by atoms with van der Waals surface area (Å²) in [6.07, 6.45) is 0. The molecule has 0 spiro atoms. The molecular weight excluding hydrogens is 703 g/mol. The van der Waals surface area contributed by atoms with Crippen LogP contribution in [-0.2, 0) is 10.8 Å². The predicted molar refractivity (Wildman–Crippen MR) is 236 cm³/mol. The fourth-order valence-electron chi connectivity index (χ4n) is 8.40. The molecule has 57 heavy (non-hydrogen) atoms. The molecule has 10 rings (SSSR count). The van der Waals surface area contributed by atoms with Crippen LogP contribution in [0.3, 0.4) is 0 Å². The average molecular weight is 744 g/mol. The monoisotopic (exact) mass is 743 g/mol. The molecule has 5 heteroatoms. The normalized spacial score (nSPS) is 12.5. The third-order valence-corrected chi connectivity index (χ3v) is 11.6. The first-order valence-electron chi connectivity index (χ1n) is 19.5. The maximum Gasteiger partial charge on any atom is 0.344 e. The Morgan fingerprint density at radius 3 is 1.30 bits per heavy atom. The lowest BCUT2D eigenvalue weighted by molar-refractivity contribution is 0.563. The molecule has 7 aromatic carbocycles. The highest BCUT2D eigenvalue weighted by molar-refractivity contribution is 6.12. The zero-order valence-corrected chi connectivity index (χ0v) is 32.9. The molecule has 0 amide bonds. The molecule has 278 valence electrons. The second-order valence-electron chi connectivity index (χ2n) is 17.4. The zero-order valence-electron chi connectivity index (χ0n) is 32.9. The van der Waals surface area contributed by atoms with E-state index < -0.39 is 0 Å². The molecule has 0 bridgehead atoms. The van der Waals surface area contributed by atoms with Crippen molar-refractivity contribution in [2.75, 3.05) is 0 Å². The van der Waals surface area contributed by atoms with Crippen LogP contribution in [0.4, 0.5) is 0 Å². The van der Waals surface area contributed by atoms with Crippen LogP contribution in [0.2, 0.25) is 0 Å². The number of nitrogens with zero attached hydrogens (tertiary/aromatic N) is 1. The maximum atomic E-state index is 13.7. The van der Waals surface area contributed by atoms with Crippen molar-refractivity contribution < 1.29 is 8.83 Å². The first-order chi connectivity index (χ1) is 27.3. The number of rotatable bonds is 3. The van der Waals surface area contributed by atoms with Gasteiger partial charge in [-0.2, -0.15) is 0 Å². The summed E-state index contributed by atoms with van der Waals surface area (Å²) in [6, 6.07) is 47.3. The minimum absolute atomic E-state index is 0.0126. The Balaban J connectivity index is 1.17. The number of benzene rings is 7. The minimum Gasteiger partial charge on any atom is -0.422 e. The van der Waals surface area contributed by atoms with E-state index >= 15 is 0 Å².